The third-order valence-corrected chi connectivity index (χ3v) is 6.42. The predicted octanol–water partition coefficient (Wildman–Crippen LogP) is 4.39. The Hall–Kier alpha value is -2.89. The predicted molar refractivity (Wildman–Crippen MR) is 127 cm³/mol. The van der Waals surface area contributed by atoms with Crippen molar-refractivity contribution >= 4 is 11.8 Å². The Morgan fingerprint density at radius 3 is 2.38 bits per heavy atom. The van der Waals surface area contributed by atoms with Gasteiger partial charge in [-0.15, -0.1) is 0 Å². The fourth-order valence-electron chi connectivity index (χ4n) is 4.56. The lowest BCUT2D eigenvalue weighted by molar-refractivity contribution is -0.136. The second kappa shape index (κ2) is 10.2. The molecule has 0 spiro atoms. The highest BCUT2D eigenvalue weighted by atomic mass is 16.5. The van der Waals surface area contributed by atoms with Crippen LogP contribution >= 0.6 is 0 Å². The van der Waals surface area contributed by atoms with Gasteiger partial charge in [0.2, 0.25) is 0 Å². The summed E-state index contributed by atoms with van der Waals surface area (Å²) in [5.74, 6) is 1.48. The van der Waals surface area contributed by atoms with Gasteiger partial charge in [0.15, 0.2) is 5.82 Å². The molecule has 1 fully saturated rings. The number of esters is 1. The van der Waals surface area contributed by atoms with Crippen molar-refractivity contribution in [1.29, 1.82) is 0 Å². The van der Waals surface area contributed by atoms with Crippen molar-refractivity contribution in [2.75, 3.05) is 31.6 Å². The lowest BCUT2D eigenvalue weighted by Crippen LogP contribution is -2.33. The van der Waals surface area contributed by atoms with E-state index < -0.39 is 0 Å². The highest BCUT2D eigenvalue weighted by molar-refractivity contribution is 5.89. The molecule has 2 aliphatic rings. The minimum absolute atomic E-state index is 0.280. The molecular formula is C26H34N4O2. The van der Waals surface area contributed by atoms with Gasteiger partial charge in [-0.1, -0.05) is 43.2 Å². The van der Waals surface area contributed by atoms with Crippen LogP contribution in [0.5, 0.6) is 0 Å². The number of anilines is 1. The number of ether oxygens (including phenoxy) is 1. The number of carbonyl (C=O) groups is 1. The van der Waals surface area contributed by atoms with E-state index in [1.165, 1.54) is 32.8 Å². The monoisotopic (exact) mass is 434 g/mol. The number of nitrogens with zero attached hydrogens (tertiary/aromatic N) is 4. The highest BCUT2D eigenvalue weighted by Crippen LogP contribution is 2.31. The standard InChI is InChI=1S/C26H34N4O2/c1-19(2)30-16-13-23-22(17-21(18-30)26(31)32-3)25(29-14-9-4-5-10-15-29)28-24(27-23)20-11-7-6-8-12-20/h6-8,11-12,18-19H,4-5,9-10,13-17H2,1-3H3. The molecule has 0 unspecified atom stereocenters. The fraction of sp³-hybridized carbons (Fsp3) is 0.500. The van der Waals surface area contributed by atoms with E-state index in [1.54, 1.807) is 0 Å². The van der Waals surface area contributed by atoms with E-state index in [-0.39, 0.29) is 12.0 Å². The van der Waals surface area contributed by atoms with E-state index in [9.17, 15) is 4.79 Å². The van der Waals surface area contributed by atoms with E-state index in [0.29, 0.717) is 12.0 Å². The molecule has 0 bridgehead atoms. The summed E-state index contributed by atoms with van der Waals surface area (Å²) < 4.78 is 5.14. The molecule has 4 rings (SSSR count). The summed E-state index contributed by atoms with van der Waals surface area (Å²) in [6.45, 7) is 7.08. The molecule has 0 amide bonds. The van der Waals surface area contributed by atoms with E-state index in [0.717, 1.165) is 54.5 Å². The number of methoxy groups -OCH3 is 1. The lowest BCUT2D eigenvalue weighted by Gasteiger charge is -2.31. The lowest BCUT2D eigenvalue weighted by atomic mass is 9.99. The summed E-state index contributed by atoms with van der Waals surface area (Å²) in [6, 6.07) is 10.5. The molecule has 0 radical (unpaired) electrons. The molecule has 0 aliphatic carbocycles. The quantitative estimate of drug-likeness (QED) is 0.665. The van der Waals surface area contributed by atoms with Gasteiger partial charge in [-0.3, -0.25) is 0 Å². The first-order valence-electron chi connectivity index (χ1n) is 11.8. The van der Waals surface area contributed by atoms with Crippen LogP contribution in [0.2, 0.25) is 0 Å². The van der Waals surface area contributed by atoms with Crippen LogP contribution in [0.3, 0.4) is 0 Å². The second-order valence-electron chi connectivity index (χ2n) is 8.97. The number of aromatic nitrogens is 2. The number of benzene rings is 1. The van der Waals surface area contributed by atoms with Gasteiger partial charge in [0.25, 0.3) is 0 Å². The molecule has 1 aromatic carbocycles. The van der Waals surface area contributed by atoms with E-state index >= 15 is 0 Å². The number of rotatable bonds is 4. The molecule has 2 aliphatic heterocycles. The fourth-order valence-corrected chi connectivity index (χ4v) is 4.56. The zero-order valence-corrected chi connectivity index (χ0v) is 19.5. The Morgan fingerprint density at radius 2 is 1.72 bits per heavy atom. The third-order valence-electron chi connectivity index (χ3n) is 6.42. The number of hydrogen-bond donors (Lipinski definition) is 0. The first-order chi connectivity index (χ1) is 15.6. The Kier molecular flexibility index (Phi) is 7.08. The summed E-state index contributed by atoms with van der Waals surface area (Å²) >= 11 is 0. The summed E-state index contributed by atoms with van der Waals surface area (Å²) in [5, 5.41) is 0. The average molecular weight is 435 g/mol. The van der Waals surface area contributed by atoms with E-state index in [2.05, 4.69) is 35.8 Å². The van der Waals surface area contributed by atoms with E-state index in [4.69, 9.17) is 14.7 Å². The van der Waals surface area contributed by atoms with Crippen LogP contribution in [0.1, 0.15) is 50.8 Å². The zero-order chi connectivity index (χ0) is 22.5. The van der Waals surface area contributed by atoms with Crippen molar-refractivity contribution in [2.45, 2.75) is 58.4 Å². The van der Waals surface area contributed by atoms with Crippen LogP contribution in [0, 0.1) is 0 Å². The first kappa shape index (κ1) is 22.3. The maximum Gasteiger partial charge on any atom is 0.335 e. The summed E-state index contributed by atoms with van der Waals surface area (Å²) in [5.41, 5.74) is 3.80. The van der Waals surface area contributed by atoms with Gasteiger partial charge >= 0.3 is 5.97 Å². The Bertz CT molecular complexity index is 963. The van der Waals surface area contributed by atoms with Gasteiger partial charge in [-0.25, -0.2) is 14.8 Å². The smallest absolute Gasteiger partial charge is 0.335 e. The van der Waals surface area contributed by atoms with Crippen molar-refractivity contribution in [3.8, 4) is 11.4 Å². The molecule has 1 saturated heterocycles. The normalized spacial score (nSPS) is 17.2. The highest BCUT2D eigenvalue weighted by Gasteiger charge is 2.26. The minimum Gasteiger partial charge on any atom is -0.466 e. The molecule has 6 nitrogen and oxygen atoms in total. The van der Waals surface area contributed by atoms with Gasteiger partial charge in [0, 0.05) is 55.8 Å². The third kappa shape index (κ3) is 4.95. The maximum absolute atomic E-state index is 12.7. The first-order valence-corrected chi connectivity index (χ1v) is 11.8. The number of carbonyl (C=O) groups excluding carboxylic acids is 1. The maximum atomic E-state index is 12.7. The molecule has 3 heterocycles. The van der Waals surface area contributed by atoms with Crippen LogP contribution in [0.25, 0.3) is 11.4 Å². The molecule has 0 N–H and O–H groups in total. The average Bonchev–Trinajstić information content (AvgIpc) is 3.08. The van der Waals surface area contributed by atoms with Gasteiger partial charge in [0.05, 0.1) is 18.4 Å². The molecule has 2 aromatic rings. The number of fused-ring (bicyclic) bond motifs is 1. The SMILES string of the molecule is COC(=O)C1=CN(C(C)C)CCc2nc(-c3ccccc3)nc(N3CCCCCC3)c2C1. The van der Waals surface area contributed by atoms with Crippen LogP contribution in [0.15, 0.2) is 42.1 Å². The Balaban J connectivity index is 1.85. The largest absolute Gasteiger partial charge is 0.466 e. The van der Waals surface area contributed by atoms with Crippen LogP contribution in [0.4, 0.5) is 5.82 Å². The van der Waals surface area contributed by atoms with Crippen molar-refractivity contribution in [3.05, 3.63) is 53.4 Å². The Morgan fingerprint density at radius 1 is 1.00 bits per heavy atom. The molecule has 1 aromatic heterocycles. The number of hydrogen-bond acceptors (Lipinski definition) is 6. The summed E-state index contributed by atoms with van der Waals surface area (Å²) in [6.07, 6.45) is 8.14. The van der Waals surface area contributed by atoms with Gasteiger partial charge in [0.1, 0.15) is 5.82 Å². The van der Waals surface area contributed by atoms with Gasteiger partial charge in [-0.2, -0.15) is 0 Å². The molecule has 0 atom stereocenters. The Labute approximate surface area is 191 Å². The summed E-state index contributed by atoms with van der Waals surface area (Å²) in [4.78, 5) is 27.4. The summed E-state index contributed by atoms with van der Waals surface area (Å²) in [7, 11) is 1.45. The molecule has 0 saturated carbocycles. The van der Waals surface area contributed by atoms with Gasteiger partial charge < -0.3 is 14.5 Å². The van der Waals surface area contributed by atoms with Crippen molar-refractivity contribution < 1.29 is 9.53 Å². The van der Waals surface area contributed by atoms with Gasteiger partial charge in [-0.05, 0) is 26.7 Å². The van der Waals surface area contributed by atoms with Crippen LogP contribution in [-0.4, -0.2) is 53.6 Å². The molecular weight excluding hydrogens is 400 g/mol. The van der Waals surface area contributed by atoms with Crippen LogP contribution < -0.4 is 4.90 Å². The van der Waals surface area contributed by atoms with Crippen molar-refractivity contribution in [1.82, 2.24) is 14.9 Å². The molecule has 6 heteroatoms. The second-order valence-corrected chi connectivity index (χ2v) is 8.97. The van der Waals surface area contributed by atoms with Crippen molar-refractivity contribution in [3.63, 3.8) is 0 Å². The molecule has 170 valence electrons. The minimum atomic E-state index is -0.280. The van der Waals surface area contributed by atoms with Crippen molar-refractivity contribution in [2.24, 2.45) is 0 Å². The topological polar surface area (TPSA) is 58.6 Å². The van der Waals surface area contributed by atoms with Crippen LogP contribution in [-0.2, 0) is 22.4 Å². The van der Waals surface area contributed by atoms with E-state index in [1.807, 2.05) is 24.4 Å². The zero-order valence-electron chi connectivity index (χ0n) is 19.5. The molecule has 32 heavy (non-hydrogen) atoms.